The zero-order valence-electron chi connectivity index (χ0n) is 13.1. The Kier molecular flexibility index (Phi) is 4.08. The van der Waals surface area contributed by atoms with Gasteiger partial charge in [0.2, 0.25) is 10.0 Å². The fraction of sp³-hybridized carbons (Fsp3) is 0.278. The van der Waals surface area contributed by atoms with Gasteiger partial charge in [-0.3, -0.25) is 4.79 Å². The van der Waals surface area contributed by atoms with Crippen molar-refractivity contribution in [2.75, 3.05) is 0 Å². The molecule has 2 aromatic carbocycles. The van der Waals surface area contributed by atoms with Crippen LogP contribution in [-0.4, -0.2) is 24.5 Å². The van der Waals surface area contributed by atoms with Gasteiger partial charge in [0, 0.05) is 5.92 Å². The van der Waals surface area contributed by atoms with Gasteiger partial charge in [-0.15, -0.1) is 0 Å². The molecule has 1 aliphatic heterocycles. The van der Waals surface area contributed by atoms with Gasteiger partial charge in [-0.1, -0.05) is 62.4 Å². The summed E-state index contributed by atoms with van der Waals surface area (Å²) in [7, 11) is -3.68. The molecule has 1 fully saturated rings. The Bertz CT molecular complexity index is 801. The Morgan fingerprint density at radius 2 is 1.48 bits per heavy atom. The van der Waals surface area contributed by atoms with Crippen LogP contribution in [0.15, 0.2) is 65.6 Å². The Morgan fingerprint density at radius 3 is 2.00 bits per heavy atom. The van der Waals surface area contributed by atoms with Gasteiger partial charge in [-0.05, 0) is 17.7 Å². The van der Waals surface area contributed by atoms with E-state index >= 15 is 0 Å². The zero-order chi connectivity index (χ0) is 16.6. The van der Waals surface area contributed by atoms with Crippen molar-refractivity contribution in [3.8, 4) is 0 Å². The van der Waals surface area contributed by atoms with Crippen molar-refractivity contribution in [2.45, 2.75) is 30.8 Å². The summed E-state index contributed by atoms with van der Waals surface area (Å²) >= 11 is 0. The fourth-order valence-corrected chi connectivity index (χ4v) is 4.57. The number of hydrogen-bond donors (Lipinski definition) is 0. The van der Waals surface area contributed by atoms with Gasteiger partial charge < -0.3 is 0 Å². The Morgan fingerprint density at radius 1 is 0.957 bits per heavy atom. The zero-order valence-corrected chi connectivity index (χ0v) is 13.9. The van der Waals surface area contributed by atoms with Crippen LogP contribution in [0.4, 0.5) is 0 Å². The second-order valence-electron chi connectivity index (χ2n) is 6.01. The molecule has 0 saturated carbocycles. The maximum atomic E-state index is 12.9. The third-order valence-electron chi connectivity index (χ3n) is 4.08. The van der Waals surface area contributed by atoms with Gasteiger partial charge in [0.25, 0.3) is 0 Å². The predicted molar refractivity (Wildman–Crippen MR) is 88.3 cm³/mol. The molecule has 1 unspecified atom stereocenters. The van der Waals surface area contributed by atoms with E-state index in [0.29, 0.717) is 0 Å². The molecule has 3 atom stereocenters. The number of sulfonamides is 1. The molecule has 4 nitrogen and oxygen atoms in total. The summed E-state index contributed by atoms with van der Waals surface area (Å²) in [6.45, 7) is 3.60. The molecule has 1 saturated heterocycles. The normalized spacial score (nSPS) is 23.7. The summed E-state index contributed by atoms with van der Waals surface area (Å²) in [6.07, 6.45) is 0. The molecule has 23 heavy (non-hydrogen) atoms. The van der Waals surface area contributed by atoms with E-state index in [1.165, 1.54) is 4.31 Å². The first kappa shape index (κ1) is 15.9. The Labute approximate surface area is 136 Å². The van der Waals surface area contributed by atoms with Gasteiger partial charge in [-0.2, -0.15) is 4.31 Å². The molecule has 0 amide bonds. The smallest absolute Gasteiger partial charge is 0.244 e. The lowest BCUT2D eigenvalue weighted by Crippen LogP contribution is -2.22. The van der Waals surface area contributed by atoms with E-state index < -0.39 is 22.1 Å². The minimum absolute atomic E-state index is 0.0432. The van der Waals surface area contributed by atoms with E-state index in [9.17, 15) is 13.2 Å². The van der Waals surface area contributed by atoms with Crippen LogP contribution < -0.4 is 0 Å². The van der Waals surface area contributed by atoms with E-state index in [2.05, 4.69) is 0 Å². The van der Waals surface area contributed by atoms with Gasteiger partial charge in [0.1, 0.15) is 6.04 Å². The summed E-state index contributed by atoms with van der Waals surface area (Å²) in [5, 5.41) is 0. The van der Waals surface area contributed by atoms with Crippen molar-refractivity contribution >= 4 is 15.8 Å². The van der Waals surface area contributed by atoms with Crippen LogP contribution in [0, 0.1) is 5.92 Å². The van der Waals surface area contributed by atoms with Crippen molar-refractivity contribution in [1.82, 2.24) is 4.31 Å². The lowest BCUT2D eigenvalue weighted by Gasteiger charge is -2.07. The molecule has 5 heteroatoms. The molecular formula is C18H19NO3S. The first-order chi connectivity index (χ1) is 10.9. The largest absolute Gasteiger partial charge is 0.298 e. The standard InChI is InChI=1S/C18H19NO3S/c1-13(2)18(20)17-16(14-9-5-3-6-10-14)19(17)23(21,22)15-11-7-4-8-12-15/h3-13,16-17H,1-2H3/t16-,17-,19?/m1/s1. The van der Waals surface area contributed by atoms with Crippen molar-refractivity contribution in [3.05, 3.63) is 66.2 Å². The molecule has 0 aliphatic carbocycles. The number of Topliss-reactive ketones (excluding diaryl/α,β-unsaturated/α-hetero) is 1. The van der Waals surface area contributed by atoms with Crippen molar-refractivity contribution in [3.63, 3.8) is 0 Å². The fourth-order valence-electron chi connectivity index (χ4n) is 2.83. The van der Waals surface area contributed by atoms with E-state index in [1.54, 1.807) is 44.2 Å². The van der Waals surface area contributed by atoms with Crippen LogP contribution in [-0.2, 0) is 14.8 Å². The number of nitrogens with zero attached hydrogens (tertiary/aromatic N) is 1. The highest BCUT2D eigenvalue weighted by molar-refractivity contribution is 7.89. The maximum absolute atomic E-state index is 12.9. The lowest BCUT2D eigenvalue weighted by molar-refractivity contribution is -0.121. The number of ketones is 1. The average molecular weight is 329 g/mol. The average Bonchev–Trinajstić information content (AvgIpc) is 3.32. The van der Waals surface area contributed by atoms with Gasteiger partial charge in [0.05, 0.1) is 10.9 Å². The number of hydrogen-bond acceptors (Lipinski definition) is 3. The highest BCUT2D eigenvalue weighted by Crippen LogP contribution is 2.48. The summed E-state index contributed by atoms with van der Waals surface area (Å²) in [4.78, 5) is 12.7. The van der Waals surface area contributed by atoms with Crippen LogP contribution in [0.25, 0.3) is 0 Å². The molecule has 3 rings (SSSR count). The molecule has 120 valence electrons. The first-order valence-corrected chi connectivity index (χ1v) is 9.06. The van der Waals surface area contributed by atoms with Crippen LogP contribution in [0.3, 0.4) is 0 Å². The van der Waals surface area contributed by atoms with Crippen LogP contribution in [0.2, 0.25) is 0 Å². The highest BCUT2D eigenvalue weighted by Gasteiger charge is 2.60. The minimum atomic E-state index is -3.68. The minimum Gasteiger partial charge on any atom is -0.298 e. The third-order valence-corrected chi connectivity index (χ3v) is 5.96. The van der Waals surface area contributed by atoms with Crippen LogP contribution in [0.1, 0.15) is 25.5 Å². The molecule has 0 N–H and O–H groups in total. The first-order valence-electron chi connectivity index (χ1n) is 7.62. The van der Waals surface area contributed by atoms with E-state index in [1.807, 2.05) is 30.3 Å². The number of carbonyl (C=O) groups is 1. The van der Waals surface area contributed by atoms with Crippen LogP contribution >= 0.6 is 0 Å². The monoisotopic (exact) mass is 329 g/mol. The van der Waals surface area contributed by atoms with E-state index in [4.69, 9.17) is 0 Å². The second kappa shape index (κ2) is 5.91. The molecule has 2 aromatic rings. The summed E-state index contributed by atoms with van der Waals surface area (Å²) < 4.78 is 27.1. The molecule has 0 radical (unpaired) electrons. The number of rotatable bonds is 5. The summed E-state index contributed by atoms with van der Waals surface area (Å²) in [5.41, 5.74) is 0.853. The summed E-state index contributed by atoms with van der Waals surface area (Å²) in [5.74, 6) is -0.249. The van der Waals surface area contributed by atoms with Gasteiger partial charge in [-0.25, -0.2) is 8.42 Å². The van der Waals surface area contributed by atoms with Crippen molar-refractivity contribution in [2.24, 2.45) is 5.92 Å². The molecule has 0 spiro atoms. The Balaban J connectivity index is 2.01. The quantitative estimate of drug-likeness (QED) is 0.792. The molecule has 0 aromatic heterocycles. The van der Waals surface area contributed by atoms with Gasteiger partial charge >= 0.3 is 0 Å². The topological polar surface area (TPSA) is 54.2 Å². The predicted octanol–water partition coefficient (Wildman–Crippen LogP) is 3.03. The SMILES string of the molecule is CC(C)C(=O)[C@H]1[C@@H](c2ccccc2)N1S(=O)(=O)c1ccccc1. The number of carbonyl (C=O) groups excluding carboxylic acids is 1. The lowest BCUT2D eigenvalue weighted by atomic mass is 10.0. The number of benzene rings is 2. The van der Waals surface area contributed by atoms with Gasteiger partial charge in [0.15, 0.2) is 5.78 Å². The van der Waals surface area contributed by atoms with Crippen molar-refractivity contribution < 1.29 is 13.2 Å². The Hall–Kier alpha value is -1.98. The third kappa shape index (κ3) is 2.82. The van der Waals surface area contributed by atoms with Crippen molar-refractivity contribution in [1.29, 1.82) is 0 Å². The molecular weight excluding hydrogens is 310 g/mol. The van der Waals surface area contributed by atoms with E-state index in [-0.39, 0.29) is 16.6 Å². The van der Waals surface area contributed by atoms with E-state index in [0.717, 1.165) is 5.56 Å². The van der Waals surface area contributed by atoms with Crippen LogP contribution in [0.5, 0.6) is 0 Å². The second-order valence-corrected chi connectivity index (χ2v) is 7.85. The molecule has 0 bridgehead atoms. The molecule has 1 heterocycles. The maximum Gasteiger partial charge on any atom is 0.244 e. The molecule has 1 aliphatic rings. The summed E-state index contributed by atoms with van der Waals surface area (Å²) in [6, 6.07) is 16.6. The highest BCUT2D eigenvalue weighted by atomic mass is 32.2.